The molecule has 1 atom stereocenters. The summed E-state index contributed by atoms with van der Waals surface area (Å²) in [6.07, 6.45) is 3.77. The summed E-state index contributed by atoms with van der Waals surface area (Å²) in [4.78, 5) is 17.0. The molecule has 0 spiro atoms. The first kappa shape index (κ1) is 17.2. The van der Waals surface area contributed by atoms with E-state index in [4.69, 9.17) is 4.74 Å². The molecule has 1 saturated carbocycles. The van der Waals surface area contributed by atoms with Crippen LogP contribution >= 0.6 is 15.9 Å². The molecule has 0 bridgehead atoms. The molecule has 5 heteroatoms. The highest BCUT2D eigenvalue weighted by Crippen LogP contribution is 2.51. The van der Waals surface area contributed by atoms with Gasteiger partial charge in [-0.15, -0.1) is 0 Å². The van der Waals surface area contributed by atoms with Crippen LogP contribution in [0.2, 0.25) is 0 Å². The van der Waals surface area contributed by atoms with Crippen LogP contribution in [0.1, 0.15) is 57.1 Å². The Kier molecular flexibility index (Phi) is 4.25. The Balaban J connectivity index is 1.67. The maximum absolute atomic E-state index is 12.6. The molecule has 0 radical (unpaired) electrons. The van der Waals surface area contributed by atoms with Gasteiger partial charge in [0, 0.05) is 29.8 Å². The molecule has 1 aliphatic carbocycles. The highest BCUT2D eigenvalue weighted by molar-refractivity contribution is 9.10. The second-order valence-electron chi connectivity index (χ2n) is 8.62. The number of ether oxygens (including phenoxy) is 1. The van der Waals surface area contributed by atoms with E-state index in [9.17, 15) is 4.79 Å². The molecule has 4 rings (SSSR count). The fourth-order valence-electron chi connectivity index (χ4n) is 4.25. The van der Waals surface area contributed by atoms with Crippen LogP contribution in [-0.2, 0) is 11.3 Å². The molecular weight excluding hydrogens is 380 g/mol. The Hall–Kier alpha value is -1.23. The van der Waals surface area contributed by atoms with Crippen LogP contribution in [0, 0.1) is 5.92 Å². The van der Waals surface area contributed by atoms with E-state index in [0.29, 0.717) is 12.5 Å². The average molecular weight is 407 g/mol. The van der Waals surface area contributed by atoms with Crippen molar-refractivity contribution in [3.05, 3.63) is 27.7 Å². The quantitative estimate of drug-likeness (QED) is 0.664. The van der Waals surface area contributed by atoms with Crippen molar-refractivity contribution in [3.8, 4) is 0 Å². The summed E-state index contributed by atoms with van der Waals surface area (Å²) in [5.41, 5.74) is 3.67. The van der Waals surface area contributed by atoms with Crippen LogP contribution in [0.5, 0.6) is 0 Å². The lowest BCUT2D eigenvalue weighted by Gasteiger charge is -2.36. The van der Waals surface area contributed by atoms with Crippen molar-refractivity contribution in [2.24, 2.45) is 5.92 Å². The maximum atomic E-state index is 12.6. The summed E-state index contributed by atoms with van der Waals surface area (Å²) in [6.45, 7) is 9.10. The van der Waals surface area contributed by atoms with Gasteiger partial charge in [-0.3, -0.25) is 0 Å². The van der Waals surface area contributed by atoms with E-state index < -0.39 is 5.60 Å². The molecule has 3 aliphatic rings. The first-order valence-electron chi connectivity index (χ1n) is 9.37. The van der Waals surface area contributed by atoms with Crippen LogP contribution in [-0.4, -0.2) is 36.2 Å². The van der Waals surface area contributed by atoms with Crippen molar-refractivity contribution in [2.45, 2.75) is 58.1 Å². The number of benzene rings is 1. The Bertz CT molecular complexity index is 694. The molecule has 0 N–H and O–H groups in total. The van der Waals surface area contributed by atoms with Gasteiger partial charge in [0.25, 0.3) is 0 Å². The van der Waals surface area contributed by atoms with Gasteiger partial charge in [0.15, 0.2) is 0 Å². The van der Waals surface area contributed by atoms with Crippen molar-refractivity contribution in [2.75, 3.05) is 24.5 Å². The van der Waals surface area contributed by atoms with Gasteiger partial charge in [0.2, 0.25) is 0 Å². The molecule has 136 valence electrons. The molecule has 1 aromatic carbocycles. The third-order valence-electron chi connectivity index (χ3n) is 5.45. The number of carbonyl (C=O) groups is 1. The van der Waals surface area contributed by atoms with E-state index in [-0.39, 0.29) is 6.09 Å². The van der Waals surface area contributed by atoms with Gasteiger partial charge >= 0.3 is 6.09 Å². The second-order valence-corrected chi connectivity index (χ2v) is 9.54. The zero-order valence-corrected chi connectivity index (χ0v) is 16.9. The molecule has 2 heterocycles. The zero-order valence-electron chi connectivity index (χ0n) is 15.3. The van der Waals surface area contributed by atoms with Gasteiger partial charge < -0.3 is 14.5 Å². The van der Waals surface area contributed by atoms with Gasteiger partial charge in [0.1, 0.15) is 5.60 Å². The van der Waals surface area contributed by atoms with E-state index in [1.54, 1.807) is 0 Å². The lowest BCUT2D eigenvalue weighted by molar-refractivity contribution is 0.0243. The Morgan fingerprint density at radius 3 is 2.60 bits per heavy atom. The molecule has 0 aromatic heterocycles. The summed E-state index contributed by atoms with van der Waals surface area (Å²) < 4.78 is 6.74. The zero-order chi connectivity index (χ0) is 17.8. The molecule has 1 amide bonds. The molecular formula is C20H27BrN2O2. The highest BCUT2D eigenvalue weighted by Gasteiger charge is 2.39. The fraction of sp³-hybridized carbons (Fsp3) is 0.650. The number of rotatable bonds is 1. The predicted molar refractivity (Wildman–Crippen MR) is 103 cm³/mol. The number of hydrogen-bond acceptors (Lipinski definition) is 3. The van der Waals surface area contributed by atoms with Gasteiger partial charge in [-0.1, -0.05) is 15.9 Å². The molecule has 2 aliphatic heterocycles. The van der Waals surface area contributed by atoms with Crippen molar-refractivity contribution >= 4 is 27.7 Å². The molecule has 1 unspecified atom stereocenters. The Morgan fingerprint density at radius 1 is 1.16 bits per heavy atom. The van der Waals surface area contributed by atoms with E-state index in [0.717, 1.165) is 30.0 Å². The molecule has 4 nitrogen and oxygen atoms in total. The number of amides is 1. The number of anilines is 1. The highest BCUT2D eigenvalue weighted by atomic mass is 79.9. The summed E-state index contributed by atoms with van der Waals surface area (Å²) in [7, 11) is 0. The fourth-order valence-corrected chi connectivity index (χ4v) is 4.77. The van der Waals surface area contributed by atoms with E-state index in [1.807, 2.05) is 25.7 Å². The van der Waals surface area contributed by atoms with Crippen LogP contribution in [0.15, 0.2) is 16.6 Å². The van der Waals surface area contributed by atoms with E-state index in [1.165, 1.54) is 36.1 Å². The predicted octanol–water partition coefficient (Wildman–Crippen LogP) is 4.90. The summed E-state index contributed by atoms with van der Waals surface area (Å²) >= 11 is 3.70. The standard InChI is InChI=1S/C20H27BrN2O2/c1-20(2,3)25-19(24)23-9-8-22-7-6-16(13-4-5-13)17-11-15(21)10-14(12-23)18(17)22/h10-11,13,16H,4-9,12H2,1-3H3. The first-order chi connectivity index (χ1) is 11.8. The van der Waals surface area contributed by atoms with E-state index in [2.05, 4.69) is 33.0 Å². The Morgan fingerprint density at radius 2 is 1.92 bits per heavy atom. The third-order valence-corrected chi connectivity index (χ3v) is 5.91. The minimum Gasteiger partial charge on any atom is -0.444 e. The number of hydrogen-bond donors (Lipinski definition) is 0. The molecule has 1 aromatic rings. The third kappa shape index (κ3) is 3.53. The van der Waals surface area contributed by atoms with Crippen LogP contribution in [0.25, 0.3) is 0 Å². The normalized spacial score (nSPS) is 23.1. The topological polar surface area (TPSA) is 32.8 Å². The number of halogens is 1. The molecule has 1 fully saturated rings. The lowest BCUT2D eigenvalue weighted by Crippen LogP contribution is -2.40. The van der Waals surface area contributed by atoms with Crippen LogP contribution < -0.4 is 4.90 Å². The Labute approximate surface area is 158 Å². The SMILES string of the molecule is CC(C)(C)OC(=O)N1CCN2CCC(C3CC3)c3cc(Br)cc(c32)C1. The van der Waals surface area contributed by atoms with Crippen molar-refractivity contribution in [1.82, 2.24) is 4.90 Å². The van der Waals surface area contributed by atoms with Gasteiger partial charge in [-0.25, -0.2) is 4.79 Å². The van der Waals surface area contributed by atoms with Crippen LogP contribution in [0.3, 0.4) is 0 Å². The number of nitrogens with zero attached hydrogens (tertiary/aromatic N) is 2. The van der Waals surface area contributed by atoms with Crippen LogP contribution in [0.4, 0.5) is 10.5 Å². The summed E-state index contributed by atoms with van der Waals surface area (Å²) in [6, 6.07) is 4.50. The van der Waals surface area contributed by atoms with Crippen molar-refractivity contribution in [3.63, 3.8) is 0 Å². The van der Waals surface area contributed by atoms with Gasteiger partial charge in [0.05, 0.1) is 6.54 Å². The van der Waals surface area contributed by atoms with Crippen molar-refractivity contribution < 1.29 is 9.53 Å². The molecule has 0 saturated heterocycles. The molecule has 25 heavy (non-hydrogen) atoms. The average Bonchev–Trinajstić information content (AvgIpc) is 3.33. The van der Waals surface area contributed by atoms with E-state index >= 15 is 0 Å². The minimum atomic E-state index is -0.459. The maximum Gasteiger partial charge on any atom is 0.410 e. The first-order valence-corrected chi connectivity index (χ1v) is 10.2. The summed E-state index contributed by atoms with van der Waals surface area (Å²) in [5, 5.41) is 0. The smallest absolute Gasteiger partial charge is 0.410 e. The van der Waals surface area contributed by atoms with Gasteiger partial charge in [-0.2, -0.15) is 0 Å². The minimum absolute atomic E-state index is 0.209. The monoisotopic (exact) mass is 406 g/mol. The lowest BCUT2D eigenvalue weighted by atomic mass is 9.84. The largest absolute Gasteiger partial charge is 0.444 e. The summed E-state index contributed by atoms with van der Waals surface area (Å²) in [5.74, 6) is 1.56. The number of carbonyl (C=O) groups excluding carboxylic acids is 1. The second kappa shape index (κ2) is 6.19. The van der Waals surface area contributed by atoms with Gasteiger partial charge in [-0.05, 0) is 75.1 Å². The van der Waals surface area contributed by atoms with Crippen molar-refractivity contribution in [1.29, 1.82) is 0 Å².